The molecule has 2 amide bonds. The van der Waals surface area contributed by atoms with Gasteiger partial charge in [0.15, 0.2) is 11.7 Å². The smallest absolute Gasteiger partial charge is 0.276 e. The summed E-state index contributed by atoms with van der Waals surface area (Å²) in [4.78, 5) is 24.1. The third kappa shape index (κ3) is 7.08. The monoisotopic (exact) mass is 415 g/mol. The highest BCUT2D eigenvalue weighted by molar-refractivity contribution is 7.80. The first kappa shape index (κ1) is 22.2. The lowest BCUT2D eigenvalue weighted by Gasteiger charge is -2.19. The molecule has 2 rings (SSSR count). The predicted octanol–water partition coefficient (Wildman–Crippen LogP) is 2.71. The van der Waals surface area contributed by atoms with Gasteiger partial charge in [-0.25, -0.2) is 0 Å². The van der Waals surface area contributed by atoms with Crippen molar-refractivity contribution in [3.8, 4) is 11.5 Å². The maximum absolute atomic E-state index is 12.2. The first-order chi connectivity index (χ1) is 13.7. The van der Waals surface area contributed by atoms with Crippen LogP contribution >= 0.6 is 12.2 Å². The molecular formula is C21H25N3O4S. The lowest BCUT2D eigenvalue weighted by molar-refractivity contribution is -0.123. The summed E-state index contributed by atoms with van der Waals surface area (Å²) < 4.78 is 10.4. The van der Waals surface area contributed by atoms with Gasteiger partial charge in [-0.1, -0.05) is 32.9 Å². The lowest BCUT2D eigenvalue weighted by atomic mass is 9.87. The highest BCUT2D eigenvalue weighted by Gasteiger charge is 2.15. The molecule has 0 aliphatic carbocycles. The molecule has 0 radical (unpaired) electrons. The fourth-order valence-electron chi connectivity index (χ4n) is 2.31. The van der Waals surface area contributed by atoms with E-state index < -0.39 is 5.91 Å². The normalized spacial score (nSPS) is 10.6. The lowest BCUT2D eigenvalue weighted by Crippen LogP contribution is -2.49. The molecule has 0 bridgehead atoms. The highest BCUT2D eigenvalue weighted by atomic mass is 32.1. The van der Waals surface area contributed by atoms with Crippen molar-refractivity contribution in [3.63, 3.8) is 0 Å². The third-order valence-corrected chi connectivity index (χ3v) is 4.19. The molecule has 0 spiro atoms. The van der Waals surface area contributed by atoms with Crippen molar-refractivity contribution in [3.05, 3.63) is 59.7 Å². The van der Waals surface area contributed by atoms with E-state index in [9.17, 15) is 9.59 Å². The van der Waals surface area contributed by atoms with Gasteiger partial charge in [-0.15, -0.1) is 0 Å². The molecule has 7 nitrogen and oxygen atoms in total. The fraction of sp³-hybridized carbons (Fsp3) is 0.286. The van der Waals surface area contributed by atoms with Crippen LogP contribution < -0.4 is 25.6 Å². The van der Waals surface area contributed by atoms with E-state index in [1.54, 1.807) is 43.5 Å². The van der Waals surface area contributed by atoms with Crippen molar-refractivity contribution in [2.75, 3.05) is 13.7 Å². The first-order valence-electron chi connectivity index (χ1n) is 8.96. The minimum Gasteiger partial charge on any atom is -0.497 e. The summed E-state index contributed by atoms with van der Waals surface area (Å²) in [6.45, 7) is 6.08. The zero-order chi connectivity index (χ0) is 21.4. The Morgan fingerprint density at radius 1 is 0.931 bits per heavy atom. The van der Waals surface area contributed by atoms with Gasteiger partial charge < -0.3 is 9.47 Å². The van der Waals surface area contributed by atoms with Crippen molar-refractivity contribution >= 4 is 29.1 Å². The minimum atomic E-state index is -0.452. The molecule has 29 heavy (non-hydrogen) atoms. The van der Waals surface area contributed by atoms with Crippen molar-refractivity contribution in [2.24, 2.45) is 0 Å². The van der Waals surface area contributed by atoms with Crippen LogP contribution in [0.3, 0.4) is 0 Å². The number of hydrogen-bond acceptors (Lipinski definition) is 5. The van der Waals surface area contributed by atoms with Crippen LogP contribution in [0.15, 0.2) is 48.5 Å². The second-order valence-corrected chi connectivity index (χ2v) is 7.66. The average Bonchev–Trinajstić information content (AvgIpc) is 2.70. The number of methoxy groups -OCH3 is 1. The van der Waals surface area contributed by atoms with Crippen LogP contribution in [0.2, 0.25) is 0 Å². The molecule has 0 saturated heterocycles. The Bertz CT molecular complexity index is 859. The van der Waals surface area contributed by atoms with E-state index in [2.05, 4.69) is 36.9 Å². The number of carbonyl (C=O) groups excluding carboxylic acids is 2. The van der Waals surface area contributed by atoms with Gasteiger partial charge in [0.05, 0.1) is 7.11 Å². The van der Waals surface area contributed by atoms with Crippen molar-refractivity contribution in [2.45, 2.75) is 26.2 Å². The Hall–Kier alpha value is -3.13. The number of hydrazine groups is 1. The van der Waals surface area contributed by atoms with E-state index in [-0.39, 0.29) is 23.0 Å². The van der Waals surface area contributed by atoms with Crippen LogP contribution in [-0.2, 0) is 10.2 Å². The minimum absolute atomic E-state index is 0.00400. The zero-order valence-electron chi connectivity index (χ0n) is 16.9. The summed E-state index contributed by atoms with van der Waals surface area (Å²) in [6.07, 6.45) is 0. The van der Waals surface area contributed by atoms with E-state index in [0.717, 1.165) is 5.56 Å². The van der Waals surface area contributed by atoms with E-state index in [1.165, 1.54) is 0 Å². The first-order valence-corrected chi connectivity index (χ1v) is 9.37. The van der Waals surface area contributed by atoms with Crippen LogP contribution in [-0.4, -0.2) is 30.6 Å². The Kier molecular flexibility index (Phi) is 7.55. The summed E-state index contributed by atoms with van der Waals surface area (Å²) in [5.74, 6) is 0.395. The number of carbonyl (C=O) groups is 2. The summed E-state index contributed by atoms with van der Waals surface area (Å²) >= 11 is 5.03. The van der Waals surface area contributed by atoms with Gasteiger partial charge >= 0.3 is 0 Å². The summed E-state index contributed by atoms with van der Waals surface area (Å²) in [5, 5.41) is 2.49. The zero-order valence-corrected chi connectivity index (χ0v) is 17.7. The largest absolute Gasteiger partial charge is 0.497 e. The Balaban J connectivity index is 1.75. The standard InChI is InChI=1S/C21H25N3O4S/c1-21(2,3)15-7-5-14(6-8-15)19(26)22-20(29)24-23-18(25)13-28-17-11-9-16(27-4)10-12-17/h5-12H,13H2,1-4H3,(H,23,25)(H2,22,24,26,29). The Morgan fingerprint density at radius 3 is 2.07 bits per heavy atom. The maximum atomic E-state index is 12.2. The van der Waals surface area contributed by atoms with Gasteiger partial charge in [-0.2, -0.15) is 0 Å². The molecule has 3 N–H and O–H groups in total. The second-order valence-electron chi connectivity index (χ2n) is 7.25. The molecule has 0 atom stereocenters. The second kappa shape index (κ2) is 9.88. The summed E-state index contributed by atoms with van der Waals surface area (Å²) in [7, 11) is 1.57. The van der Waals surface area contributed by atoms with E-state index in [0.29, 0.717) is 17.1 Å². The van der Waals surface area contributed by atoms with Gasteiger partial charge in [-0.05, 0) is 59.6 Å². The summed E-state index contributed by atoms with van der Waals surface area (Å²) in [6, 6.07) is 14.1. The number of benzene rings is 2. The predicted molar refractivity (Wildman–Crippen MR) is 115 cm³/mol. The molecule has 8 heteroatoms. The molecular weight excluding hydrogens is 390 g/mol. The Labute approximate surface area is 175 Å². The number of hydrogen-bond donors (Lipinski definition) is 3. The molecule has 0 aliphatic heterocycles. The Morgan fingerprint density at radius 2 is 1.52 bits per heavy atom. The molecule has 154 valence electrons. The van der Waals surface area contributed by atoms with Gasteiger partial charge in [0.1, 0.15) is 11.5 Å². The molecule has 0 aromatic heterocycles. The van der Waals surface area contributed by atoms with Gasteiger partial charge in [0.2, 0.25) is 0 Å². The third-order valence-electron chi connectivity index (χ3n) is 3.98. The SMILES string of the molecule is COc1ccc(OCC(=O)NNC(=S)NC(=O)c2ccc(C(C)(C)C)cc2)cc1. The molecule has 0 unspecified atom stereocenters. The van der Waals surface area contributed by atoms with Crippen LogP contribution in [0.1, 0.15) is 36.7 Å². The van der Waals surface area contributed by atoms with Gasteiger partial charge in [0, 0.05) is 5.56 Å². The molecule has 2 aromatic rings. The number of thiocarbonyl (C=S) groups is 1. The van der Waals surface area contributed by atoms with E-state index in [4.69, 9.17) is 21.7 Å². The van der Waals surface area contributed by atoms with Crippen LogP contribution in [0.5, 0.6) is 11.5 Å². The summed E-state index contributed by atoms with van der Waals surface area (Å²) in [5.41, 5.74) is 6.44. The van der Waals surface area contributed by atoms with Crippen LogP contribution in [0, 0.1) is 0 Å². The molecule has 0 aliphatic rings. The highest BCUT2D eigenvalue weighted by Crippen LogP contribution is 2.22. The van der Waals surface area contributed by atoms with Crippen LogP contribution in [0.25, 0.3) is 0 Å². The van der Waals surface area contributed by atoms with E-state index >= 15 is 0 Å². The fourth-order valence-corrected chi connectivity index (χ4v) is 2.46. The topological polar surface area (TPSA) is 88.7 Å². The van der Waals surface area contributed by atoms with Gasteiger partial charge in [0.25, 0.3) is 11.8 Å². The average molecular weight is 416 g/mol. The van der Waals surface area contributed by atoms with Gasteiger partial charge in [-0.3, -0.25) is 25.8 Å². The van der Waals surface area contributed by atoms with Crippen LogP contribution in [0.4, 0.5) is 0 Å². The number of amides is 2. The quantitative estimate of drug-likeness (QED) is 0.514. The maximum Gasteiger partial charge on any atom is 0.276 e. The molecule has 0 heterocycles. The molecule has 0 fully saturated rings. The number of nitrogens with one attached hydrogen (secondary N) is 3. The van der Waals surface area contributed by atoms with Crippen molar-refractivity contribution < 1.29 is 19.1 Å². The number of ether oxygens (including phenoxy) is 2. The van der Waals surface area contributed by atoms with Crippen molar-refractivity contribution in [1.29, 1.82) is 0 Å². The molecule has 0 saturated carbocycles. The van der Waals surface area contributed by atoms with E-state index in [1.807, 2.05) is 12.1 Å². The van der Waals surface area contributed by atoms with Crippen molar-refractivity contribution in [1.82, 2.24) is 16.2 Å². The molecule has 2 aromatic carbocycles. The number of rotatable bonds is 5.